The highest BCUT2D eigenvalue weighted by molar-refractivity contribution is 5.78. The topological polar surface area (TPSA) is 52.6 Å². The molecular formula is C12H24N2O2. The lowest BCUT2D eigenvalue weighted by molar-refractivity contribution is -0.132. The van der Waals surface area contributed by atoms with Crippen LogP contribution in [0.15, 0.2) is 0 Å². The first kappa shape index (κ1) is 13.5. The maximum Gasteiger partial charge on any atom is 0.236 e. The SMILES string of the molecule is CCN(CC(C)(C)O)C(=O)CNCC1CC1. The minimum absolute atomic E-state index is 0.0743. The normalized spacial score (nSPS) is 16.2. The molecule has 2 N–H and O–H groups in total. The molecule has 0 heterocycles. The van der Waals surface area contributed by atoms with E-state index in [-0.39, 0.29) is 5.91 Å². The van der Waals surface area contributed by atoms with Crippen LogP contribution in [0.2, 0.25) is 0 Å². The summed E-state index contributed by atoms with van der Waals surface area (Å²) in [6, 6.07) is 0. The smallest absolute Gasteiger partial charge is 0.236 e. The first-order valence-electron chi connectivity index (χ1n) is 6.13. The van der Waals surface area contributed by atoms with Gasteiger partial charge < -0.3 is 15.3 Å². The number of rotatable bonds is 7. The van der Waals surface area contributed by atoms with Crippen LogP contribution in [-0.4, -0.2) is 47.7 Å². The number of hydrogen-bond acceptors (Lipinski definition) is 3. The zero-order valence-electron chi connectivity index (χ0n) is 10.6. The molecule has 0 aromatic heterocycles. The third kappa shape index (κ3) is 5.47. The first-order valence-corrected chi connectivity index (χ1v) is 6.13. The number of aliphatic hydroxyl groups is 1. The molecule has 1 aliphatic rings. The molecule has 1 saturated carbocycles. The van der Waals surface area contributed by atoms with Crippen molar-refractivity contribution >= 4 is 5.91 Å². The summed E-state index contributed by atoms with van der Waals surface area (Å²) >= 11 is 0. The van der Waals surface area contributed by atoms with E-state index in [0.29, 0.717) is 19.6 Å². The number of carbonyl (C=O) groups excluding carboxylic acids is 1. The summed E-state index contributed by atoms with van der Waals surface area (Å²) in [6.07, 6.45) is 2.59. The van der Waals surface area contributed by atoms with Crippen molar-refractivity contribution in [1.29, 1.82) is 0 Å². The van der Waals surface area contributed by atoms with Crippen molar-refractivity contribution in [2.45, 2.75) is 39.2 Å². The second-order valence-electron chi connectivity index (χ2n) is 5.29. The van der Waals surface area contributed by atoms with Crippen molar-refractivity contribution < 1.29 is 9.90 Å². The van der Waals surface area contributed by atoms with E-state index in [1.807, 2.05) is 6.92 Å². The number of hydrogen-bond donors (Lipinski definition) is 2. The molecule has 16 heavy (non-hydrogen) atoms. The zero-order valence-corrected chi connectivity index (χ0v) is 10.6. The lowest BCUT2D eigenvalue weighted by Gasteiger charge is -2.28. The summed E-state index contributed by atoms with van der Waals surface area (Å²) in [4.78, 5) is 13.5. The van der Waals surface area contributed by atoms with Gasteiger partial charge >= 0.3 is 0 Å². The summed E-state index contributed by atoms with van der Waals surface area (Å²) in [5, 5.41) is 12.9. The second-order valence-corrected chi connectivity index (χ2v) is 5.29. The third-order valence-corrected chi connectivity index (χ3v) is 2.72. The second kappa shape index (κ2) is 5.64. The standard InChI is InChI=1S/C12H24N2O2/c1-4-14(9-12(2,3)16)11(15)8-13-7-10-5-6-10/h10,13,16H,4-9H2,1-3H3. The van der Waals surface area contributed by atoms with E-state index < -0.39 is 5.60 Å². The Bertz CT molecular complexity index is 232. The number of carbonyl (C=O) groups is 1. The number of likely N-dealkylation sites (N-methyl/N-ethyl adjacent to an activating group) is 1. The predicted molar refractivity (Wildman–Crippen MR) is 64.1 cm³/mol. The van der Waals surface area contributed by atoms with E-state index in [1.165, 1.54) is 12.8 Å². The van der Waals surface area contributed by atoms with Gasteiger partial charge in [0.15, 0.2) is 0 Å². The molecule has 0 radical (unpaired) electrons. The molecule has 0 atom stereocenters. The summed E-state index contributed by atoms with van der Waals surface area (Å²) in [6.45, 7) is 7.76. The van der Waals surface area contributed by atoms with E-state index in [9.17, 15) is 9.90 Å². The Morgan fingerprint density at radius 3 is 2.56 bits per heavy atom. The molecular weight excluding hydrogens is 204 g/mol. The van der Waals surface area contributed by atoms with Gasteiger partial charge in [-0.3, -0.25) is 4.79 Å². The largest absolute Gasteiger partial charge is 0.389 e. The van der Waals surface area contributed by atoms with Crippen LogP contribution in [-0.2, 0) is 4.79 Å². The fourth-order valence-electron chi connectivity index (χ4n) is 1.66. The van der Waals surface area contributed by atoms with Crippen molar-refractivity contribution in [2.24, 2.45) is 5.92 Å². The van der Waals surface area contributed by atoms with Gasteiger partial charge in [-0.15, -0.1) is 0 Å². The molecule has 0 unspecified atom stereocenters. The molecule has 4 heteroatoms. The van der Waals surface area contributed by atoms with Gasteiger partial charge in [-0.1, -0.05) is 0 Å². The molecule has 1 amide bonds. The highest BCUT2D eigenvalue weighted by Gasteiger charge is 2.23. The van der Waals surface area contributed by atoms with Crippen LogP contribution in [0, 0.1) is 5.92 Å². The molecule has 0 aromatic rings. The van der Waals surface area contributed by atoms with Crippen LogP contribution in [0.3, 0.4) is 0 Å². The van der Waals surface area contributed by atoms with Crippen LogP contribution in [0.5, 0.6) is 0 Å². The highest BCUT2D eigenvalue weighted by Crippen LogP contribution is 2.27. The van der Waals surface area contributed by atoms with E-state index >= 15 is 0 Å². The van der Waals surface area contributed by atoms with E-state index in [2.05, 4.69) is 5.32 Å². The third-order valence-electron chi connectivity index (χ3n) is 2.72. The minimum Gasteiger partial charge on any atom is -0.389 e. The highest BCUT2D eigenvalue weighted by atomic mass is 16.3. The lowest BCUT2D eigenvalue weighted by atomic mass is 10.1. The van der Waals surface area contributed by atoms with Gasteiger partial charge in [0.05, 0.1) is 12.1 Å². The number of nitrogens with one attached hydrogen (secondary N) is 1. The minimum atomic E-state index is -0.817. The molecule has 0 aliphatic heterocycles. The quantitative estimate of drug-likeness (QED) is 0.671. The van der Waals surface area contributed by atoms with Gasteiger partial charge in [0.25, 0.3) is 0 Å². The average molecular weight is 228 g/mol. The van der Waals surface area contributed by atoms with E-state index in [1.54, 1.807) is 18.7 Å². The monoisotopic (exact) mass is 228 g/mol. The van der Waals surface area contributed by atoms with Crippen LogP contribution < -0.4 is 5.32 Å². The maximum absolute atomic E-state index is 11.8. The maximum atomic E-state index is 11.8. The summed E-state index contributed by atoms with van der Waals surface area (Å²) in [7, 11) is 0. The summed E-state index contributed by atoms with van der Waals surface area (Å²) < 4.78 is 0. The van der Waals surface area contributed by atoms with Gasteiger partial charge in [-0.2, -0.15) is 0 Å². The number of nitrogens with zero attached hydrogens (tertiary/aromatic N) is 1. The number of amides is 1. The Balaban J connectivity index is 2.24. The van der Waals surface area contributed by atoms with Crippen molar-refractivity contribution in [1.82, 2.24) is 10.2 Å². The molecule has 1 fully saturated rings. The van der Waals surface area contributed by atoms with Crippen LogP contribution in [0.1, 0.15) is 33.6 Å². The summed E-state index contributed by atoms with van der Waals surface area (Å²) in [5.41, 5.74) is -0.817. The van der Waals surface area contributed by atoms with Gasteiger partial charge in [0.2, 0.25) is 5.91 Å². The van der Waals surface area contributed by atoms with Crippen molar-refractivity contribution in [2.75, 3.05) is 26.2 Å². The Kier molecular flexibility index (Phi) is 4.74. The fraction of sp³-hybridized carbons (Fsp3) is 0.917. The summed E-state index contributed by atoms with van der Waals surface area (Å²) in [5.74, 6) is 0.863. The van der Waals surface area contributed by atoms with Crippen molar-refractivity contribution in [3.05, 3.63) is 0 Å². The lowest BCUT2D eigenvalue weighted by Crippen LogP contribution is -2.45. The van der Waals surface area contributed by atoms with E-state index in [4.69, 9.17) is 0 Å². The van der Waals surface area contributed by atoms with Gasteiger partial charge in [0, 0.05) is 13.1 Å². The van der Waals surface area contributed by atoms with Crippen LogP contribution >= 0.6 is 0 Å². The van der Waals surface area contributed by atoms with Crippen molar-refractivity contribution in [3.8, 4) is 0 Å². The van der Waals surface area contributed by atoms with Crippen LogP contribution in [0.25, 0.3) is 0 Å². The van der Waals surface area contributed by atoms with Gasteiger partial charge in [0.1, 0.15) is 0 Å². The molecule has 1 rings (SSSR count). The molecule has 94 valence electrons. The van der Waals surface area contributed by atoms with Gasteiger partial charge in [-0.25, -0.2) is 0 Å². The Morgan fingerprint density at radius 2 is 2.12 bits per heavy atom. The molecule has 0 spiro atoms. The van der Waals surface area contributed by atoms with Gasteiger partial charge in [-0.05, 0) is 46.1 Å². The average Bonchev–Trinajstić information content (AvgIpc) is 2.96. The zero-order chi connectivity index (χ0) is 12.2. The molecule has 0 aromatic carbocycles. The van der Waals surface area contributed by atoms with Crippen LogP contribution in [0.4, 0.5) is 0 Å². The molecule has 0 saturated heterocycles. The Hall–Kier alpha value is -0.610. The molecule has 0 bridgehead atoms. The molecule has 4 nitrogen and oxygen atoms in total. The Morgan fingerprint density at radius 1 is 1.50 bits per heavy atom. The molecule has 1 aliphatic carbocycles. The fourth-order valence-corrected chi connectivity index (χ4v) is 1.66. The van der Waals surface area contributed by atoms with E-state index in [0.717, 1.165) is 12.5 Å². The predicted octanol–water partition coefficient (Wildman–Crippen LogP) is 0.605. The first-order chi connectivity index (χ1) is 7.42. The van der Waals surface area contributed by atoms with Crippen molar-refractivity contribution in [3.63, 3.8) is 0 Å². The Labute approximate surface area is 98.0 Å².